The fraction of sp³-hybridized carbons (Fsp3) is 0.263. The van der Waals surface area contributed by atoms with Crippen LogP contribution in [-0.2, 0) is 4.79 Å². The van der Waals surface area contributed by atoms with Gasteiger partial charge in [-0.1, -0.05) is 58.0 Å². The van der Waals surface area contributed by atoms with Gasteiger partial charge in [-0.15, -0.1) is 0 Å². The van der Waals surface area contributed by atoms with Gasteiger partial charge in [-0.25, -0.2) is 0 Å². The van der Waals surface area contributed by atoms with Crippen LogP contribution in [0.25, 0.3) is 0 Å². The van der Waals surface area contributed by atoms with Crippen LogP contribution < -0.4 is 5.32 Å². The zero-order valence-electron chi connectivity index (χ0n) is 14.4. The number of rotatable bonds is 3. The van der Waals surface area contributed by atoms with Gasteiger partial charge in [0.2, 0.25) is 5.91 Å². The molecule has 2 aromatic carbocycles. The number of nitrogens with zero attached hydrogens (tertiary/aromatic N) is 1. The monoisotopic (exact) mass is 478 g/mol. The highest BCUT2D eigenvalue weighted by molar-refractivity contribution is 6.44. The van der Waals surface area contributed by atoms with Crippen molar-refractivity contribution in [1.29, 1.82) is 0 Å². The van der Waals surface area contributed by atoms with Gasteiger partial charge in [0.15, 0.2) is 0 Å². The second-order valence-corrected chi connectivity index (χ2v) is 8.49. The maximum absolute atomic E-state index is 12.7. The van der Waals surface area contributed by atoms with Gasteiger partial charge >= 0.3 is 0 Å². The Kier molecular flexibility index (Phi) is 7.00. The molecule has 0 atom stereocenters. The molecular formula is C19H15Cl5N2O2. The Bertz CT molecular complexity index is 927. The Labute approximate surface area is 187 Å². The van der Waals surface area contributed by atoms with Gasteiger partial charge < -0.3 is 10.2 Å². The molecule has 1 heterocycles. The highest BCUT2D eigenvalue weighted by atomic mass is 35.5. The smallest absolute Gasteiger partial charge is 0.255 e. The summed E-state index contributed by atoms with van der Waals surface area (Å²) in [6, 6.07) is 7.78. The van der Waals surface area contributed by atoms with Gasteiger partial charge in [0.1, 0.15) is 0 Å². The van der Waals surface area contributed by atoms with Crippen molar-refractivity contribution in [3.8, 4) is 0 Å². The number of piperidine rings is 1. The summed E-state index contributed by atoms with van der Waals surface area (Å²) in [6.07, 6.45) is 1.06. The third-order valence-corrected chi connectivity index (χ3v) is 6.17. The number of anilines is 1. The number of likely N-dealkylation sites (tertiary alicyclic amines) is 1. The summed E-state index contributed by atoms with van der Waals surface area (Å²) in [5.74, 6) is -0.583. The zero-order valence-corrected chi connectivity index (χ0v) is 18.2. The average molecular weight is 481 g/mol. The molecule has 0 aromatic heterocycles. The maximum atomic E-state index is 12.7. The molecule has 1 saturated heterocycles. The number of hydrogen-bond acceptors (Lipinski definition) is 2. The minimum absolute atomic E-state index is 0.170. The summed E-state index contributed by atoms with van der Waals surface area (Å²) in [4.78, 5) is 26.9. The first kappa shape index (κ1) is 21.5. The van der Waals surface area contributed by atoms with E-state index in [4.69, 9.17) is 58.0 Å². The van der Waals surface area contributed by atoms with E-state index in [0.717, 1.165) is 0 Å². The minimum Gasteiger partial charge on any atom is -0.339 e. The van der Waals surface area contributed by atoms with E-state index in [9.17, 15) is 9.59 Å². The number of nitrogens with one attached hydrogen (secondary N) is 1. The van der Waals surface area contributed by atoms with E-state index < -0.39 is 0 Å². The Morgan fingerprint density at radius 3 is 2.14 bits per heavy atom. The molecule has 28 heavy (non-hydrogen) atoms. The van der Waals surface area contributed by atoms with Crippen LogP contribution in [0.15, 0.2) is 30.3 Å². The lowest BCUT2D eigenvalue weighted by Gasteiger charge is -2.31. The normalized spacial score (nSPS) is 14.8. The number of halogens is 5. The Morgan fingerprint density at radius 2 is 1.50 bits per heavy atom. The van der Waals surface area contributed by atoms with Gasteiger partial charge in [-0.3, -0.25) is 9.59 Å². The lowest BCUT2D eigenvalue weighted by Crippen LogP contribution is -2.41. The first-order chi connectivity index (χ1) is 13.3. The van der Waals surface area contributed by atoms with E-state index in [2.05, 4.69) is 5.32 Å². The van der Waals surface area contributed by atoms with Crippen molar-refractivity contribution in [1.82, 2.24) is 4.90 Å². The molecule has 4 nitrogen and oxygen atoms in total. The van der Waals surface area contributed by atoms with E-state index in [-0.39, 0.29) is 17.7 Å². The van der Waals surface area contributed by atoms with Gasteiger partial charge in [-0.05, 0) is 43.2 Å². The van der Waals surface area contributed by atoms with Crippen LogP contribution in [0.3, 0.4) is 0 Å². The average Bonchev–Trinajstić information content (AvgIpc) is 2.65. The lowest BCUT2D eigenvalue weighted by molar-refractivity contribution is -0.121. The predicted octanol–water partition coefficient (Wildman–Crippen LogP) is 6.44. The maximum Gasteiger partial charge on any atom is 0.255 e. The van der Waals surface area contributed by atoms with Crippen molar-refractivity contribution in [2.24, 2.45) is 5.92 Å². The highest BCUT2D eigenvalue weighted by Gasteiger charge is 2.29. The molecule has 2 aromatic rings. The number of benzene rings is 2. The van der Waals surface area contributed by atoms with E-state index >= 15 is 0 Å². The third-order valence-electron chi connectivity index (χ3n) is 4.58. The first-order valence-electron chi connectivity index (χ1n) is 8.46. The molecule has 9 heteroatoms. The Morgan fingerprint density at radius 1 is 0.857 bits per heavy atom. The summed E-state index contributed by atoms with van der Waals surface area (Å²) in [5, 5.41) is 4.50. The number of carbonyl (C=O) groups is 2. The molecule has 0 bridgehead atoms. The van der Waals surface area contributed by atoms with E-state index in [1.165, 1.54) is 18.2 Å². The fourth-order valence-electron chi connectivity index (χ4n) is 3.03. The van der Waals surface area contributed by atoms with Crippen LogP contribution in [0.5, 0.6) is 0 Å². The van der Waals surface area contributed by atoms with Crippen molar-refractivity contribution >= 4 is 75.5 Å². The van der Waals surface area contributed by atoms with E-state index in [0.29, 0.717) is 62.3 Å². The molecule has 0 spiro atoms. The summed E-state index contributed by atoms with van der Waals surface area (Å²) >= 11 is 30.0. The minimum atomic E-state index is -0.241. The summed E-state index contributed by atoms with van der Waals surface area (Å²) < 4.78 is 0. The molecule has 0 unspecified atom stereocenters. The van der Waals surface area contributed by atoms with Crippen LogP contribution in [0.1, 0.15) is 23.2 Å². The summed E-state index contributed by atoms with van der Waals surface area (Å²) in [6.45, 7) is 0.899. The number of carbonyl (C=O) groups excluding carboxylic acids is 2. The van der Waals surface area contributed by atoms with Gasteiger partial charge in [0, 0.05) is 24.0 Å². The molecule has 0 radical (unpaired) electrons. The SMILES string of the molecule is O=C(Nc1cc(Cl)c(Cl)cc1Cl)C1CCN(C(=O)c2ccc(Cl)cc2Cl)CC1. The lowest BCUT2D eigenvalue weighted by atomic mass is 9.95. The standard InChI is InChI=1S/C19H15Cl5N2O2/c20-11-1-2-12(13(21)7-11)19(28)26-5-3-10(4-6-26)18(27)25-17-9-15(23)14(22)8-16(17)24/h1-2,7-10H,3-6H2,(H,25,27). The second-order valence-electron chi connectivity index (χ2n) is 6.43. The molecule has 0 saturated carbocycles. The largest absolute Gasteiger partial charge is 0.339 e. The first-order valence-corrected chi connectivity index (χ1v) is 10.3. The molecule has 2 amide bonds. The molecule has 148 valence electrons. The second kappa shape index (κ2) is 9.10. The van der Waals surface area contributed by atoms with Gasteiger partial charge in [-0.2, -0.15) is 0 Å². The molecule has 1 aliphatic rings. The van der Waals surface area contributed by atoms with Crippen molar-refractivity contribution in [2.75, 3.05) is 18.4 Å². The quantitative estimate of drug-likeness (QED) is 0.514. The molecule has 3 rings (SSSR count). The van der Waals surface area contributed by atoms with Gasteiger partial charge in [0.25, 0.3) is 5.91 Å². The van der Waals surface area contributed by atoms with Crippen molar-refractivity contribution in [3.05, 3.63) is 61.0 Å². The number of hydrogen-bond donors (Lipinski definition) is 1. The third kappa shape index (κ3) is 4.87. The molecular weight excluding hydrogens is 465 g/mol. The Hall–Kier alpha value is -1.17. The summed E-state index contributed by atoms with van der Waals surface area (Å²) in [7, 11) is 0. The highest BCUT2D eigenvalue weighted by Crippen LogP contribution is 2.33. The topological polar surface area (TPSA) is 49.4 Å². The Balaban J connectivity index is 1.61. The molecule has 1 fully saturated rings. The summed E-state index contributed by atoms with van der Waals surface area (Å²) in [5.41, 5.74) is 0.809. The van der Waals surface area contributed by atoms with Gasteiger partial charge in [0.05, 0.1) is 31.3 Å². The van der Waals surface area contributed by atoms with Crippen molar-refractivity contribution in [2.45, 2.75) is 12.8 Å². The van der Waals surface area contributed by atoms with Crippen LogP contribution in [0, 0.1) is 5.92 Å². The van der Waals surface area contributed by atoms with Crippen molar-refractivity contribution < 1.29 is 9.59 Å². The van der Waals surface area contributed by atoms with Crippen LogP contribution >= 0.6 is 58.0 Å². The number of amides is 2. The van der Waals surface area contributed by atoms with E-state index in [1.54, 1.807) is 17.0 Å². The fourth-order valence-corrected chi connectivity index (χ4v) is 4.11. The van der Waals surface area contributed by atoms with Crippen LogP contribution in [0.4, 0.5) is 5.69 Å². The predicted molar refractivity (Wildman–Crippen MR) is 115 cm³/mol. The van der Waals surface area contributed by atoms with E-state index in [1.807, 2.05) is 0 Å². The van der Waals surface area contributed by atoms with Crippen LogP contribution in [-0.4, -0.2) is 29.8 Å². The molecule has 1 aliphatic heterocycles. The molecule has 0 aliphatic carbocycles. The van der Waals surface area contributed by atoms with Crippen molar-refractivity contribution in [3.63, 3.8) is 0 Å². The molecule has 1 N–H and O–H groups in total. The van der Waals surface area contributed by atoms with Crippen LogP contribution in [0.2, 0.25) is 25.1 Å². The zero-order chi connectivity index (χ0) is 20.4.